The van der Waals surface area contributed by atoms with Crippen molar-refractivity contribution in [2.45, 2.75) is 38.1 Å². The van der Waals surface area contributed by atoms with Gasteiger partial charge in [-0.25, -0.2) is 4.79 Å². The number of likely N-dealkylation sites (tertiary alicyclic amines) is 1. The molecule has 34 heavy (non-hydrogen) atoms. The number of piperidine rings is 1. The van der Waals surface area contributed by atoms with Crippen molar-refractivity contribution < 1.29 is 22.7 Å². The van der Waals surface area contributed by atoms with E-state index in [0.29, 0.717) is 44.6 Å². The van der Waals surface area contributed by atoms with E-state index in [1.54, 1.807) is 11.0 Å². The van der Waals surface area contributed by atoms with Crippen LogP contribution in [-0.4, -0.2) is 36.2 Å². The van der Waals surface area contributed by atoms with Gasteiger partial charge in [-0.1, -0.05) is 24.3 Å². The van der Waals surface area contributed by atoms with Crippen molar-refractivity contribution in [3.05, 3.63) is 76.7 Å². The predicted molar refractivity (Wildman–Crippen MR) is 127 cm³/mol. The maximum atomic E-state index is 13.6. The molecule has 8 heteroatoms. The van der Waals surface area contributed by atoms with Crippen molar-refractivity contribution >= 4 is 23.1 Å². The topological polar surface area (TPSA) is 32.8 Å². The first-order chi connectivity index (χ1) is 16.2. The third kappa shape index (κ3) is 4.44. The Labute approximate surface area is 200 Å². The molecule has 0 radical (unpaired) electrons. The van der Waals surface area contributed by atoms with Crippen LogP contribution in [0.5, 0.6) is 0 Å². The Hall–Kier alpha value is -2.84. The second kappa shape index (κ2) is 8.74. The molecule has 2 aliphatic rings. The molecule has 2 aromatic carbocycles. The Balaban J connectivity index is 1.33. The summed E-state index contributed by atoms with van der Waals surface area (Å²) in [4.78, 5) is 17.3. The van der Waals surface area contributed by atoms with Gasteiger partial charge in [0.2, 0.25) is 0 Å². The number of nitrogens with zero attached hydrogens (tertiary/aromatic N) is 2. The van der Waals surface area contributed by atoms with E-state index in [1.807, 2.05) is 47.8 Å². The molecule has 2 saturated heterocycles. The average Bonchev–Trinajstić information content (AvgIpc) is 3.45. The van der Waals surface area contributed by atoms with Gasteiger partial charge in [-0.15, -0.1) is 11.3 Å². The highest BCUT2D eigenvalue weighted by atomic mass is 32.1. The van der Waals surface area contributed by atoms with Crippen LogP contribution in [0.4, 0.5) is 23.7 Å². The van der Waals surface area contributed by atoms with Crippen molar-refractivity contribution in [2.75, 3.05) is 24.5 Å². The molecule has 1 spiro atoms. The molecule has 3 aromatic rings. The van der Waals surface area contributed by atoms with Gasteiger partial charge in [0.1, 0.15) is 5.60 Å². The molecule has 4 nitrogen and oxygen atoms in total. The molecule has 5 rings (SSSR count). The Morgan fingerprint density at radius 1 is 1.06 bits per heavy atom. The third-order valence-electron chi connectivity index (χ3n) is 6.74. The fourth-order valence-corrected chi connectivity index (χ4v) is 5.68. The van der Waals surface area contributed by atoms with Gasteiger partial charge in [-0.2, -0.15) is 13.2 Å². The maximum absolute atomic E-state index is 13.6. The standard InChI is InChI=1S/C26H25F3N2O2S/c1-18-14-21(23-8-5-13-34-23)19(15-22(18)26(27,28)29)16-30-11-9-25(10-12-30)17-31(24(32)33-25)20-6-3-2-4-7-20/h2-8,13-15H,9-12,16-17H2,1H3. The van der Waals surface area contributed by atoms with Crippen LogP contribution in [0.15, 0.2) is 60.0 Å². The number of rotatable bonds is 4. The summed E-state index contributed by atoms with van der Waals surface area (Å²) in [6.45, 7) is 3.72. The number of halogens is 3. The van der Waals surface area contributed by atoms with Crippen molar-refractivity contribution in [1.29, 1.82) is 0 Å². The van der Waals surface area contributed by atoms with E-state index < -0.39 is 17.3 Å². The van der Waals surface area contributed by atoms with E-state index >= 15 is 0 Å². The van der Waals surface area contributed by atoms with Crippen LogP contribution in [0, 0.1) is 6.92 Å². The number of thiophene rings is 1. The number of hydrogen-bond donors (Lipinski definition) is 0. The third-order valence-corrected chi connectivity index (χ3v) is 7.64. The Morgan fingerprint density at radius 3 is 2.44 bits per heavy atom. The van der Waals surface area contributed by atoms with Crippen LogP contribution in [0.3, 0.4) is 0 Å². The van der Waals surface area contributed by atoms with Crippen LogP contribution in [0.25, 0.3) is 10.4 Å². The molecular formula is C26H25F3N2O2S. The summed E-state index contributed by atoms with van der Waals surface area (Å²) in [6.07, 6.45) is -3.44. The van der Waals surface area contributed by atoms with Gasteiger partial charge in [-0.05, 0) is 59.3 Å². The molecule has 0 saturated carbocycles. The SMILES string of the molecule is Cc1cc(-c2cccs2)c(CN2CCC3(CC2)CN(c2ccccc2)C(=O)O3)cc1C(F)(F)F. The smallest absolute Gasteiger partial charge is 0.416 e. The first kappa shape index (κ1) is 22.9. The largest absolute Gasteiger partial charge is 0.441 e. The lowest BCUT2D eigenvalue weighted by Gasteiger charge is -2.37. The van der Waals surface area contributed by atoms with E-state index in [4.69, 9.17) is 4.74 Å². The summed E-state index contributed by atoms with van der Waals surface area (Å²) >= 11 is 1.53. The Kier molecular flexibility index (Phi) is 5.90. The second-order valence-electron chi connectivity index (χ2n) is 9.05. The summed E-state index contributed by atoms with van der Waals surface area (Å²) in [5, 5.41) is 1.93. The zero-order valence-corrected chi connectivity index (χ0v) is 19.6. The highest BCUT2D eigenvalue weighted by Crippen LogP contribution is 2.40. The van der Waals surface area contributed by atoms with Crippen molar-refractivity contribution in [1.82, 2.24) is 4.90 Å². The van der Waals surface area contributed by atoms with Gasteiger partial charge in [-0.3, -0.25) is 9.80 Å². The molecule has 0 atom stereocenters. The normalized spacial score (nSPS) is 18.5. The van der Waals surface area contributed by atoms with Gasteiger partial charge in [0, 0.05) is 43.0 Å². The summed E-state index contributed by atoms with van der Waals surface area (Å²) < 4.78 is 46.7. The zero-order valence-electron chi connectivity index (χ0n) is 18.8. The lowest BCUT2D eigenvalue weighted by atomic mass is 9.90. The van der Waals surface area contributed by atoms with Crippen LogP contribution >= 0.6 is 11.3 Å². The van der Waals surface area contributed by atoms with Crippen LogP contribution < -0.4 is 4.90 Å². The summed E-state index contributed by atoms with van der Waals surface area (Å²) in [7, 11) is 0. The second-order valence-corrected chi connectivity index (χ2v) is 10.00. The van der Waals surface area contributed by atoms with E-state index in [2.05, 4.69) is 4.90 Å². The van der Waals surface area contributed by atoms with Gasteiger partial charge in [0.15, 0.2) is 0 Å². The molecule has 1 amide bonds. The zero-order chi connectivity index (χ0) is 23.9. The van der Waals surface area contributed by atoms with Gasteiger partial charge in [0.05, 0.1) is 12.1 Å². The highest BCUT2D eigenvalue weighted by Gasteiger charge is 2.47. The minimum Gasteiger partial charge on any atom is -0.441 e. The number of benzene rings is 2. The van der Waals surface area contributed by atoms with Crippen LogP contribution in [-0.2, 0) is 17.5 Å². The molecule has 2 aliphatic heterocycles. The maximum Gasteiger partial charge on any atom is 0.416 e. The predicted octanol–water partition coefficient (Wildman–Crippen LogP) is 6.73. The number of aryl methyl sites for hydroxylation is 1. The monoisotopic (exact) mass is 486 g/mol. The summed E-state index contributed by atoms with van der Waals surface area (Å²) in [6, 6.07) is 16.3. The lowest BCUT2D eigenvalue weighted by molar-refractivity contribution is -0.138. The quantitative estimate of drug-likeness (QED) is 0.410. The minimum absolute atomic E-state index is 0.233. The number of para-hydroxylation sites is 1. The number of ether oxygens (including phenoxy) is 1. The number of alkyl halides is 3. The molecule has 178 valence electrons. The number of carbonyl (C=O) groups is 1. The molecule has 2 fully saturated rings. The first-order valence-corrected chi connectivity index (χ1v) is 12.1. The summed E-state index contributed by atoms with van der Waals surface area (Å²) in [5.74, 6) is 0. The van der Waals surface area contributed by atoms with Crippen molar-refractivity contribution in [3.63, 3.8) is 0 Å². The molecule has 0 bridgehead atoms. The van der Waals surface area contributed by atoms with Crippen molar-refractivity contribution in [3.8, 4) is 10.4 Å². The van der Waals surface area contributed by atoms with Crippen molar-refractivity contribution in [2.24, 2.45) is 0 Å². The number of anilines is 1. The Morgan fingerprint density at radius 2 is 1.79 bits per heavy atom. The number of amides is 1. The fourth-order valence-electron chi connectivity index (χ4n) is 4.90. The molecule has 0 N–H and O–H groups in total. The molecule has 3 heterocycles. The van der Waals surface area contributed by atoms with E-state index in [0.717, 1.165) is 16.1 Å². The molecular weight excluding hydrogens is 461 g/mol. The fraction of sp³-hybridized carbons (Fsp3) is 0.346. The average molecular weight is 487 g/mol. The minimum atomic E-state index is -4.39. The van der Waals surface area contributed by atoms with Crippen LogP contribution in [0.2, 0.25) is 0 Å². The van der Waals surface area contributed by atoms with E-state index in [1.165, 1.54) is 24.3 Å². The van der Waals surface area contributed by atoms with Gasteiger partial charge >= 0.3 is 12.3 Å². The number of hydrogen-bond acceptors (Lipinski definition) is 4. The molecule has 0 aliphatic carbocycles. The first-order valence-electron chi connectivity index (χ1n) is 11.3. The lowest BCUT2D eigenvalue weighted by Crippen LogP contribution is -2.46. The number of carbonyl (C=O) groups excluding carboxylic acids is 1. The van der Waals surface area contributed by atoms with E-state index in [9.17, 15) is 18.0 Å². The van der Waals surface area contributed by atoms with E-state index in [-0.39, 0.29) is 11.7 Å². The molecule has 1 aromatic heterocycles. The summed E-state index contributed by atoms with van der Waals surface area (Å²) in [5.41, 5.74) is 1.43. The van der Waals surface area contributed by atoms with Crippen LogP contribution in [0.1, 0.15) is 29.5 Å². The van der Waals surface area contributed by atoms with Gasteiger partial charge < -0.3 is 4.74 Å². The molecule has 0 unspecified atom stereocenters. The Bertz CT molecular complexity index is 1170. The van der Waals surface area contributed by atoms with Gasteiger partial charge in [0.25, 0.3) is 0 Å². The highest BCUT2D eigenvalue weighted by molar-refractivity contribution is 7.13.